The Morgan fingerprint density at radius 3 is 2.34 bits per heavy atom. The van der Waals surface area contributed by atoms with E-state index in [1.807, 2.05) is 6.92 Å². The molecule has 1 spiro atoms. The highest BCUT2D eigenvalue weighted by Gasteiger charge is 2.48. The van der Waals surface area contributed by atoms with Crippen LogP contribution in [0.5, 0.6) is 0 Å². The molecule has 2 aliphatic heterocycles. The molecule has 0 bridgehead atoms. The van der Waals surface area contributed by atoms with Gasteiger partial charge in [-0.2, -0.15) is 8.42 Å². The summed E-state index contributed by atoms with van der Waals surface area (Å²) in [6.45, 7) is 2.65. The van der Waals surface area contributed by atoms with Crippen molar-refractivity contribution in [2.24, 2.45) is 5.41 Å². The number of carbonyl (C=O) groups is 1. The van der Waals surface area contributed by atoms with Gasteiger partial charge in [-0.25, -0.2) is 12.7 Å². The number of benzene rings is 1. The quantitative estimate of drug-likeness (QED) is 0.503. The molecule has 2 fully saturated rings. The lowest BCUT2D eigenvalue weighted by Gasteiger charge is -2.36. The van der Waals surface area contributed by atoms with Gasteiger partial charge in [0.15, 0.2) is 0 Å². The molecule has 2 aliphatic rings. The van der Waals surface area contributed by atoms with Crippen molar-refractivity contribution >= 4 is 26.0 Å². The van der Waals surface area contributed by atoms with Crippen molar-refractivity contribution in [3.8, 4) is 0 Å². The number of hydrogen-bond donors (Lipinski definition) is 1. The van der Waals surface area contributed by atoms with Crippen molar-refractivity contribution in [1.82, 2.24) is 9.62 Å². The number of carbonyl (C=O) groups excluding carboxylic acids is 1. The summed E-state index contributed by atoms with van der Waals surface area (Å²) in [5, 5.41) is 2.99. The molecule has 0 saturated carbocycles. The Morgan fingerprint density at radius 1 is 1.14 bits per heavy atom. The Morgan fingerprint density at radius 2 is 1.76 bits per heavy atom. The van der Waals surface area contributed by atoms with Crippen LogP contribution in [0, 0.1) is 12.3 Å². The predicted octanol–water partition coefficient (Wildman–Crippen LogP) is 1.41. The van der Waals surface area contributed by atoms with Gasteiger partial charge in [0.05, 0.1) is 23.2 Å². The number of rotatable bonds is 7. The third kappa shape index (κ3) is 5.17. The molecule has 162 valence electrons. The second kappa shape index (κ2) is 8.33. The van der Waals surface area contributed by atoms with Crippen molar-refractivity contribution in [1.29, 1.82) is 0 Å². The van der Waals surface area contributed by atoms with E-state index in [1.54, 1.807) is 12.1 Å². The van der Waals surface area contributed by atoms with Gasteiger partial charge in [-0.3, -0.25) is 8.98 Å². The van der Waals surface area contributed by atoms with Gasteiger partial charge in [-0.15, -0.1) is 0 Å². The zero-order valence-electron chi connectivity index (χ0n) is 16.8. The molecule has 8 nitrogen and oxygen atoms in total. The van der Waals surface area contributed by atoms with Crippen LogP contribution in [0.3, 0.4) is 0 Å². The van der Waals surface area contributed by atoms with Crippen LogP contribution in [0.15, 0.2) is 29.2 Å². The third-order valence-corrected chi connectivity index (χ3v) is 8.48. The summed E-state index contributed by atoms with van der Waals surface area (Å²) in [4.78, 5) is 12.6. The predicted molar refractivity (Wildman–Crippen MR) is 108 cm³/mol. The van der Waals surface area contributed by atoms with Gasteiger partial charge in [0, 0.05) is 19.1 Å². The fourth-order valence-electron chi connectivity index (χ4n) is 4.08. The van der Waals surface area contributed by atoms with Crippen molar-refractivity contribution in [2.45, 2.75) is 50.0 Å². The summed E-state index contributed by atoms with van der Waals surface area (Å²) < 4.78 is 54.3. The first kappa shape index (κ1) is 22.2. The van der Waals surface area contributed by atoms with Crippen LogP contribution in [0.1, 0.15) is 37.7 Å². The van der Waals surface area contributed by atoms with E-state index in [9.17, 15) is 21.6 Å². The van der Waals surface area contributed by atoms with Crippen LogP contribution in [0.4, 0.5) is 0 Å². The van der Waals surface area contributed by atoms with Crippen LogP contribution in [-0.2, 0) is 29.1 Å². The number of sulfonamides is 1. The van der Waals surface area contributed by atoms with Crippen LogP contribution in [0.2, 0.25) is 0 Å². The summed E-state index contributed by atoms with van der Waals surface area (Å²) in [7, 11) is -7.01. The van der Waals surface area contributed by atoms with E-state index in [2.05, 4.69) is 5.32 Å². The molecule has 10 heteroatoms. The van der Waals surface area contributed by atoms with Gasteiger partial charge in [-0.1, -0.05) is 17.7 Å². The monoisotopic (exact) mass is 444 g/mol. The molecular weight excluding hydrogens is 416 g/mol. The SMILES string of the molecule is Cc1ccc(S(=O)(=O)OCCC[C@H]2CC3(CCN(S(C)(=O)=O)CC3)C(=O)N2)cc1. The van der Waals surface area contributed by atoms with E-state index >= 15 is 0 Å². The molecule has 0 aliphatic carbocycles. The average Bonchev–Trinajstić information content (AvgIpc) is 2.94. The third-order valence-electron chi connectivity index (χ3n) is 5.85. The Balaban J connectivity index is 1.47. The molecule has 3 rings (SSSR count). The van der Waals surface area contributed by atoms with Crippen LogP contribution >= 0.6 is 0 Å². The van der Waals surface area contributed by atoms with Gasteiger partial charge in [0.25, 0.3) is 10.1 Å². The van der Waals surface area contributed by atoms with Crippen molar-refractivity contribution in [2.75, 3.05) is 26.0 Å². The number of hydrogen-bond acceptors (Lipinski definition) is 6. The number of amides is 1. The smallest absolute Gasteiger partial charge is 0.296 e. The van der Waals surface area contributed by atoms with Gasteiger partial charge in [-0.05, 0) is 51.2 Å². The van der Waals surface area contributed by atoms with E-state index < -0.39 is 25.6 Å². The van der Waals surface area contributed by atoms with Crippen LogP contribution in [-0.4, -0.2) is 59.0 Å². The van der Waals surface area contributed by atoms with Gasteiger partial charge >= 0.3 is 0 Å². The van der Waals surface area contributed by atoms with Gasteiger partial charge in [0.2, 0.25) is 15.9 Å². The van der Waals surface area contributed by atoms with E-state index in [-0.39, 0.29) is 23.5 Å². The molecule has 1 aromatic rings. The lowest BCUT2D eigenvalue weighted by molar-refractivity contribution is -0.129. The molecule has 0 unspecified atom stereocenters. The highest BCUT2D eigenvalue weighted by atomic mass is 32.2. The first-order valence-corrected chi connectivity index (χ1v) is 13.0. The van der Waals surface area contributed by atoms with Crippen LogP contribution in [0.25, 0.3) is 0 Å². The van der Waals surface area contributed by atoms with Gasteiger partial charge < -0.3 is 5.32 Å². The summed E-state index contributed by atoms with van der Waals surface area (Å²) >= 11 is 0. The average molecular weight is 445 g/mol. The van der Waals surface area contributed by atoms with E-state index in [1.165, 1.54) is 22.7 Å². The fraction of sp³-hybridized carbons (Fsp3) is 0.632. The Labute approximate surface area is 172 Å². The zero-order chi connectivity index (χ0) is 21.3. The molecule has 1 amide bonds. The molecule has 2 saturated heterocycles. The van der Waals surface area contributed by atoms with Crippen LogP contribution < -0.4 is 5.32 Å². The maximum absolute atomic E-state index is 12.5. The summed E-state index contributed by atoms with van der Waals surface area (Å²) in [6.07, 6.45) is 3.98. The van der Waals surface area contributed by atoms with E-state index in [0.29, 0.717) is 45.2 Å². The maximum Gasteiger partial charge on any atom is 0.296 e. The van der Waals surface area contributed by atoms with E-state index in [4.69, 9.17) is 4.18 Å². The number of aryl methyl sites for hydroxylation is 1. The molecular formula is C19H28N2O6S2. The lowest BCUT2D eigenvalue weighted by Crippen LogP contribution is -2.45. The summed E-state index contributed by atoms with van der Waals surface area (Å²) in [5.74, 6) is -0.0242. The molecule has 29 heavy (non-hydrogen) atoms. The number of nitrogens with zero attached hydrogens (tertiary/aromatic N) is 1. The fourth-order valence-corrected chi connectivity index (χ4v) is 5.87. The maximum atomic E-state index is 12.5. The lowest BCUT2D eigenvalue weighted by atomic mass is 9.76. The topological polar surface area (TPSA) is 110 Å². The highest BCUT2D eigenvalue weighted by molar-refractivity contribution is 7.88. The zero-order valence-corrected chi connectivity index (χ0v) is 18.4. The molecule has 1 atom stereocenters. The Bertz CT molecular complexity index is 949. The first-order chi connectivity index (χ1) is 13.5. The second-order valence-corrected chi connectivity index (χ2v) is 11.6. The molecule has 2 heterocycles. The normalized spacial score (nSPS) is 22.7. The largest absolute Gasteiger partial charge is 0.353 e. The minimum absolute atomic E-state index is 0.0242. The highest BCUT2D eigenvalue weighted by Crippen LogP contribution is 2.41. The molecule has 1 aromatic carbocycles. The number of nitrogens with one attached hydrogen (secondary N) is 1. The molecule has 0 aromatic heterocycles. The summed E-state index contributed by atoms with van der Waals surface area (Å²) in [6, 6.07) is 6.44. The second-order valence-electron chi connectivity index (χ2n) is 8.05. The van der Waals surface area contributed by atoms with Crippen molar-refractivity contribution < 1.29 is 25.8 Å². The Kier molecular flexibility index (Phi) is 6.38. The van der Waals surface area contributed by atoms with E-state index in [0.717, 1.165) is 5.56 Å². The minimum atomic E-state index is -3.78. The molecule has 1 N–H and O–H groups in total. The van der Waals surface area contributed by atoms with Crippen molar-refractivity contribution in [3.63, 3.8) is 0 Å². The Hall–Kier alpha value is -1.49. The first-order valence-electron chi connectivity index (χ1n) is 9.74. The molecule has 0 radical (unpaired) electrons. The van der Waals surface area contributed by atoms with Crippen molar-refractivity contribution in [3.05, 3.63) is 29.8 Å². The summed E-state index contributed by atoms with van der Waals surface area (Å²) in [5.41, 5.74) is 0.456. The minimum Gasteiger partial charge on any atom is -0.353 e. The number of piperidine rings is 1. The van der Waals surface area contributed by atoms with Gasteiger partial charge in [0.1, 0.15) is 0 Å². The standard InChI is InChI=1S/C19H28N2O6S2/c1-15-5-7-17(8-6-15)29(25,26)27-13-3-4-16-14-19(18(22)20-16)9-11-21(12-10-19)28(2,23)24/h5-8,16H,3-4,9-14H2,1-2H3,(H,20,22)/t16-/m0/s1.